The van der Waals surface area contributed by atoms with Crippen molar-refractivity contribution in [2.75, 3.05) is 18.0 Å². The Morgan fingerprint density at radius 1 is 1.08 bits per heavy atom. The summed E-state index contributed by atoms with van der Waals surface area (Å²) in [6.45, 7) is 8.26. The molecule has 0 spiro atoms. The first-order valence-corrected chi connectivity index (χ1v) is 12.5. The van der Waals surface area contributed by atoms with Gasteiger partial charge >= 0.3 is 12.4 Å². The average molecular weight is 564 g/mol. The Labute approximate surface area is 222 Å². The monoisotopic (exact) mass is 563 g/mol. The van der Waals surface area contributed by atoms with E-state index in [0.29, 0.717) is 53.6 Å². The van der Waals surface area contributed by atoms with Crippen LogP contribution in [0.3, 0.4) is 0 Å². The van der Waals surface area contributed by atoms with Gasteiger partial charge in [0.25, 0.3) is 0 Å². The lowest BCUT2D eigenvalue weighted by Crippen LogP contribution is -2.34. The number of aromatic nitrogens is 3. The first kappa shape index (κ1) is 26.6. The van der Waals surface area contributed by atoms with E-state index in [4.69, 9.17) is 6.57 Å². The highest BCUT2D eigenvalue weighted by atomic mass is 32.1. The molecule has 1 aliphatic rings. The summed E-state index contributed by atoms with van der Waals surface area (Å²) in [6.07, 6.45) is -6.16. The fourth-order valence-electron chi connectivity index (χ4n) is 4.45. The van der Waals surface area contributed by atoms with Crippen molar-refractivity contribution in [3.8, 4) is 5.88 Å². The minimum atomic E-state index is -5.07. The van der Waals surface area contributed by atoms with Crippen molar-refractivity contribution in [1.29, 1.82) is 0 Å². The number of anilines is 1. The van der Waals surface area contributed by atoms with E-state index in [1.165, 1.54) is 6.20 Å². The van der Waals surface area contributed by atoms with Gasteiger partial charge in [-0.15, -0.1) is 0 Å². The Balaban J connectivity index is 1.66. The van der Waals surface area contributed by atoms with Gasteiger partial charge in [-0.1, -0.05) is 23.5 Å². The summed E-state index contributed by atoms with van der Waals surface area (Å²) in [5.41, 5.74) is -2.14. The molecule has 13 heteroatoms. The Morgan fingerprint density at radius 2 is 1.82 bits per heavy atom. The van der Waals surface area contributed by atoms with Crippen LogP contribution in [0.15, 0.2) is 42.6 Å². The molecule has 4 aromatic rings. The van der Waals surface area contributed by atoms with Gasteiger partial charge in [-0.25, -0.2) is 6.57 Å². The highest BCUT2D eigenvalue weighted by molar-refractivity contribution is 7.17. The predicted molar refractivity (Wildman–Crippen MR) is 135 cm³/mol. The van der Waals surface area contributed by atoms with Crippen LogP contribution in [-0.4, -0.2) is 39.4 Å². The molecule has 0 saturated carbocycles. The third-order valence-corrected chi connectivity index (χ3v) is 7.64. The Morgan fingerprint density at radius 3 is 2.49 bits per heavy atom. The number of hydrogen-bond donors (Lipinski definition) is 2. The van der Waals surface area contributed by atoms with Gasteiger partial charge in [0.2, 0.25) is 11.9 Å². The molecule has 202 valence electrons. The summed E-state index contributed by atoms with van der Waals surface area (Å²) in [5, 5.41) is 18.6. The molecule has 2 aromatic carbocycles. The Hall–Kier alpha value is -4.05. The van der Waals surface area contributed by atoms with Crippen LogP contribution in [-0.2, 0) is 12.4 Å². The SMILES string of the molecule is [C-]#[N+]C1CCN(c2nc(O)c(/C(=C/c3ccc(C(F)(F)F)cc3C(F)(F)F)c3ccc4[nH]ncc4c3)s2)CC1. The number of aromatic amines is 1. The van der Waals surface area contributed by atoms with Crippen LogP contribution >= 0.6 is 11.3 Å². The number of halogens is 6. The molecule has 2 aromatic heterocycles. The third kappa shape index (κ3) is 5.42. The van der Waals surface area contributed by atoms with E-state index >= 15 is 0 Å². The van der Waals surface area contributed by atoms with Crippen molar-refractivity contribution in [2.45, 2.75) is 31.2 Å². The van der Waals surface area contributed by atoms with Crippen molar-refractivity contribution in [3.05, 3.63) is 81.1 Å². The molecular weight excluding hydrogens is 544 g/mol. The van der Waals surface area contributed by atoms with Crippen LogP contribution in [0.5, 0.6) is 5.88 Å². The molecule has 5 rings (SSSR count). The molecular formula is C26H19F6N5OS. The van der Waals surface area contributed by atoms with Crippen molar-refractivity contribution in [1.82, 2.24) is 15.2 Å². The number of fused-ring (bicyclic) bond motifs is 1. The number of H-pyrrole nitrogens is 1. The summed E-state index contributed by atoms with van der Waals surface area (Å²) < 4.78 is 81.5. The van der Waals surface area contributed by atoms with Gasteiger partial charge in [-0.05, 0) is 41.5 Å². The number of nitrogens with one attached hydrogen (secondary N) is 1. The molecule has 0 unspecified atom stereocenters. The minimum absolute atomic E-state index is 0.0855. The van der Waals surface area contributed by atoms with Crippen molar-refractivity contribution >= 4 is 39.0 Å². The quantitative estimate of drug-likeness (QED) is 0.156. The predicted octanol–water partition coefficient (Wildman–Crippen LogP) is 7.24. The van der Waals surface area contributed by atoms with E-state index in [1.54, 1.807) is 18.2 Å². The van der Waals surface area contributed by atoms with Gasteiger partial charge in [0, 0.05) is 36.9 Å². The lowest BCUT2D eigenvalue weighted by molar-refractivity contribution is -0.143. The topological polar surface area (TPSA) is 69.4 Å². The molecule has 1 saturated heterocycles. The highest BCUT2D eigenvalue weighted by Crippen LogP contribution is 2.43. The second-order valence-electron chi connectivity index (χ2n) is 9.02. The second-order valence-corrected chi connectivity index (χ2v) is 10.0. The minimum Gasteiger partial charge on any atom is -0.492 e. The number of benzene rings is 2. The lowest BCUT2D eigenvalue weighted by Gasteiger charge is -2.26. The summed E-state index contributed by atoms with van der Waals surface area (Å²) >= 11 is 1.06. The van der Waals surface area contributed by atoms with Gasteiger partial charge in [0.1, 0.15) is 4.88 Å². The fourth-order valence-corrected chi connectivity index (χ4v) is 5.50. The molecule has 2 N–H and O–H groups in total. The van der Waals surface area contributed by atoms with Gasteiger partial charge < -0.3 is 14.9 Å². The average Bonchev–Trinajstić information content (AvgIpc) is 3.52. The Kier molecular flexibility index (Phi) is 6.76. The zero-order chi connectivity index (χ0) is 27.9. The Bertz CT molecular complexity index is 1590. The smallest absolute Gasteiger partial charge is 0.417 e. The number of thiazole rings is 1. The first-order chi connectivity index (χ1) is 18.4. The molecule has 0 radical (unpaired) electrons. The molecule has 3 heterocycles. The van der Waals surface area contributed by atoms with E-state index in [2.05, 4.69) is 20.0 Å². The van der Waals surface area contributed by atoms with E-state index in [0.717, 1.165) is 23.5 Å². The fraction of sp³-hybridized carbons (Fsp3) is 0.269. The molecule has 0 aliphatic carbocycles. The number of piperidine rings is 1. The zero-order valence-electron chi connectivity index (χ0n) is 19.9. The van der Waals surface area contributed by atoms with Crippen LogP contribution in [0.25, 0.3) is 27.4 Å². The third-order valence-electron chi connectivity index (χ3n) is 6.50. The van der Waals surface area contributed by atoms with E-state index in [1.807, 2.05) is 4.90 Å². The van der Waals surface area contributed by atoms with E-state index in [-0.39, 0.29) is 22.6 Å². The number of rotatable bonds is 4. The van der Waals surface area contributed by atoms with Gasteiger partial charge in [-0.3, -0.25) is 5.10 Å². The van der Waals surface area contributed by atoms with Crippen LogP contribution in [0.1, 0.15) is 40.0 Å². The second kappa shape index (κ2) is 9.92. The number of nitrogens with zero attached hydrogens (tertiary/aromatic N) is 4. The zero-order valence-corrected chi connectivity index (χ0v) is 20.8. The molecule has 0 bridgehead atoms. The number of hydrogen-bond acceptors (Lipinski definition) is 5. The molecule has 39 heavy (non-hydrogen) atoms. The van der Waals surface area contributed by atoms with Crippen LogP contribution in [0.2, 0.25) is 0 Å². The highest BCUT2D eigenvalue weighted by Gasteiger charge is 2.38. The first-order valence-electron chi connectivity index (χ1n) is 11.7. The van der Waals surface area contributed by atoms with Crippen LogP contribution in [0, 0.1) is 6.57 Å². The maximum Gasteiger partial charge on any atom is 0.417 e. The maximum absolute atomic E-state index is 13.9. The number of alkyl halides is 6. The van der Waals surface area contributed by atoms with Gasteiger partial charge in [-0.2, -0.15) is 36.4 Å². The summed E-state index contributed by atoms with van der Waals surface area (Å²) in [7, 11) is 0. The maximum atomic E-state index is 13.9. The molecule has 1 fully saturated rings. The van der Waals surface area contributed by atoms with E-state index < -0.39 is 34.9 Å². The summed E-state index contributed by atoms with van der Waals surface area (Å²) in [4.78, 5) is 9.85. The lowest BCUT2D eigenvalue weighted by atomic mass is 9.96. The molecule has 6 nitrogen and oxygen atoms in total. The van der Waals surface area contributed by atoms with Crippen molar-refractivity contribution in [3.63, 3.8) is 0 Å². The van der Waals surface area contributed by atoms with E-state index in [9.17, 15) is 31.4 Å². The van der Waals surface area contributed by atoms with Crippen LogP contribution in [0.4, 0.5) is 31.5 Å². The van der Waals surface area contributed by atoms with Crippen molar-refractivity contribution in [2.24, 2.45) is 0 Å². The van der Waals surface area contributed by atoms with Crippen molar-refractivity contribution < 1.29 is 31.4 Å². The summed E-state index contributed by atoms with van der Waals surface area (Å²) in [5.74, 6) is -0.415. The number of aromatic hydroxyl groups is 1. The molecule has 0 amide bonds. The molecule has 0 atom stereocenters. The standard InChI is InChI=1S/C26H19F6N5OS/c1-33-18-6-8-37(9-7-18)24-35-23(38)22(39-24)19(14-3-5-21-16(10-14)13-34-36-21)11-15-2-4-17(25(27,28)29)12-20(15)26(30,31)32/h2-5,10-13,18,38H,6-9H2,(H,34,36)/b19-11+. The largest absolute Gasteiger partial charge is 0.492 e. The van der Waals surface area contributed by atoms with Gasteiger partial charge in [0.05, 0.1) is 22.8 Å². The molecule has 1 aliphatic heterocycles. The van der Waals surface area contributed by atoms with Crippen LogP contribution < -0.4 is 4.90 Å². The normalized spacial score (nSPS) is 15.6. The van der Waals surface area contributed by atoms with Gasteiger partial charge in [0.15, 0.2) is 5.13 Å². The summed E-state index contributed by atoms with van der Waals surface area (Å²) in [6, 6.07) is 6.28.